The van der Waals surface area contributed by atoms with Crippen LogP contribution in [0.3, 0.4) is 0 Å². The van der Waals surface area contributed by atoms with E-state index in [1.807, 2.05) is 6.92 Å². The van der Waals surface area contributed by atoms with E-state index in [0.717, 1.165) is 23.6 Å². The van der Waals surface area contributed by atoms with E-state index in [1.165, 1.54) is 0 Å². The van der Waals surface area contributed by atoms with Crippen LogP contribution in [0.15, 0.2) is 24.9 Å². The normalized spacial score (nSPS) is 10.5. The van der Waals surface area contributed by atoms with Gasteiger partial charge >= 0.3 is 0 Å². The summed E-state index contributed by atoms with van der Waals surface area (Å²) in [7, 11) is 0. The van der Waals surface area contributed by atoms with Crippen LogP contribution in [0.5, 0.6) is 0 Å². The maximum atomic E-state index is 4.25. The zero-order valence-corrected chi connectivity index (χ0v) is 8.57. The molecule has 0 fully saturated rings. The third kappa shape index (κ3) is 2.85. The fourth-order valence-electron chi connectivity index (χ4n) is 1.22. The van der Waals surface area contributed by atoms with Gasteiger partial charge in [0.1, 0.15) is 0 Å². The Morgan fingerprint density at radius 3 is 2.80 bits per heavy atom. The van der Waals surface area contributed by atoms with E-state index >= 15 is 0 Å². The summed E-state index contributed by atoms with van der Waals surface area (Å²) in [5, 5.41) is 3.25. The highest BCUT2D eigenvalue weighted by Gasteiger charge is 1.96. The maximum Gasteiger partial charge on any atom is 0.0922 e. The molecule has 0 radical (unpaired) electrons. The van der Waals surface area contributed by atoms with Gasteiger partial charge < -0.3 is 10.3 Å². The van der Waals surface area contributed by atoms with Gasteiger partial charge in [0, 0.05) is 37.4 Å². The van der Waals surface area contributed by atoms with Gasteiger partial charge in [-0.1, -0.05) is 0 Å². The number of nitrogens with one attached hydrogen (secondary N) is 2. The number of aromatic amines is 1. The lowest BCUT2D eigenvalue weighted by Crippen LogP contribution is -2.14. The Bertz CT molecular complexity index is 392. The van der Waals surface area contributed by atoms with Crippen molar-refractivity contribution < 1.29 is 0 Å². The standard InChI is InChI=1S/C10H13N5/c1-8-2-14-10(6-13-8)4-11-3-9-5-12-7-15-9/h2,5-7,11H,3-4H2,1H3,(H,12,15). The number of aromatic nitrogens is 4. The van der Waals surface area contributed by atoms with Gasteiger partial charge in [0.15, 0.2) is 0 Å². The Kier molecular flexibility index (Phi) is 3.04. The van der Waals surface area contributed by atoms with Crippen molar-refractivity contribution in [2.45, 2.75) is 20.0 Å². The van der Waals surface area contributed by atoms with E-state index in [2.05, 4.69) is 25.3 Å². The van der Waals surface area contributed by atoms with E-state index in [1.54, 1.807) is 24.9 Å². The first-order chi connectivity index (χ1) is 7.34. The topological polar surface area (TPSA) is 66.5 Å². The zero-order chi connectivity index (χ0) is 10.5. The van der Waals surface area contributed by atoms with Gasteiger partial charge in [-0.3, -0.25) is 9.97 Å². The number of imidazole rings is 1. The van der Waals surface area contributed by atoms with Crippen LogP contribution in [0, 0.1) is 6.92 Å². The highest BCUT2D eigenvalue weighted by molar-refractivity contribution is 5.01. The molecule has 0 aliphatic carbocycles. The second-order valence-electron chi connectivity index (χ2n) is 3.33. The SMILES string of the molecule is Cc1cnc(CNCc2cnc[nH]2)cn1. The van der Waals surface area contributed by atoms with Crippen LogP contribution in [0.25, 0.3) is 0 Å². The predicted molar refractivity (Wildman–Crippen MR) is 55.9 cm³/mol. The van der Waals surface area contributed by atoms with Crippen molar-refractivity contribution >= 4 is 0 Å². The van der Waals surface area contributed by atoms with Crippen molar-refractivity contribution in [3.63, 3.8) is 0 Å². The van der Waals surface area contributed by atoms with Crippen molar-refractivity contribution in [1.82, 2.24) is 25.3 Å². The van der Waals surface area contributed by atoms with Gasteiger partial charge in [0.25, 0.3) is 0 Å². The Morgan fingerprint density at radius 2 is 2.13 bits per heavy atom. The number of aryl methyl sites for hydroxylation is 1. The second kappa shape index (κ2) is 4.65. The molecule has 0 unspecified atom stereocenters. The number of H-pyrrole nitrogens is 1. The lowest BCUT2D eigenvalue weighted by Gasteiger charge is -2.02. The zero-order valence-electron chi connectivity index (χ0n) is 8.57. The molecule has 0 spiro atoms. The van der Waals surface area contributed by atoms with Crippen LogP contribution in [0.1, 0.15) is 17.1 Å². The van der Waals surface area contributed by atoms with Gasteiger partial charge in [0.05, 0.1) is 17.7 Å². The molecule has 0 saturated carbocycles. The number of hydrogen-bond donors (Lipinski definition) is 2. The van der Waals surface area contributed by atoms with Gasteiger partial charge in [0.2, 0.25) is 0 Å². The van der Waals surface area contributed by atoms with Crippen molar-refractivity contribution in [2.24, 2.45) is 0 Å². The van der Waals surface area contributed by atoms with Crippen molar-refractivity contribution in [3.8, 4) is 0 Å². The monoisotopic (exact) mass is 203 g/mol. The highest BCUT2D eigenvalue weighted by atomic mass is 14.9. The average Bonchev–Trinajstić information content (AvgIpc) is 2.74. The molecule has 2 N–H and O–H groups in total. The Hall–Kier alpha value is -1.75. The number of nitrogens with zero attached hydrogens (tertiary/aromatic N) is 3. The van der Waals surface area contributed by atoms with Crippen LogP contribution in [0.4, 0.5) is 0 Å². The molecule has 0 saturated heterocycles. The van der Waals surface area contributed by atoms with Crippen LogP contribution in [-0.4, -0.2) is 19.9 Å². The molecule has 0 amide bonds. The molecular formula is C10H13N5. The molecule has 2 heterocycles. The van der Waals surface area contributed by atoms with Crippen LogP contribution in [-0.2, 0) is 13.1 Å². The minimum absolute atomic E-state index is 0.715. The van der Waals surface area contributed by atoms with E-state index < -0.39 is 0 Å². The first-order valence-electron chi connectivity index (χ1n) is 4.80. The van der Waals surface area contributed by atoms with E-state index in [4.69, 9.17) is 0 Å². The third-order valence-electron chi connectivity index (χ3n) is 2.01. The summed E-state index contributed by atoms with van der Waals surface area (Å²) in [5.74, 6) is 0. The first-order valence-corrected chi connectivity index (χ1v) is 4.80. The molecule has 2 aromatic heterocycles. The molecule has 2 rings (SSSR count). The fraction of sp³-hybridized carbons (Fsp3) is 0.300. The smallest absolute Gasteiger partial charge is 0.0922 e. The molecule has 78 valence electrons. The van der Waals surface area contributed by atoms with E-state index in [0.29, 0.717) is 6.54 Å². The molecule has 0 bridgehead atoms. The molecule has 0 atom stereocenters. The minimum atomic E-state index is 0.715. The van der Waals surface area contributed by atoms with Gasteiger partial charge in [-0.15, -0.1) is 0 Å². The summed E-state index contributed by atoms with van der Waals surface area (Å²) in [4.78, 5) is 15.4. The lowest BCUT2D eigenvalue weighted by atomic mass is 10.4. The molecule has 5 nitrogen and oxygen atoms in total. The lowest BCUT2D eigenvalue weighted by molar-refractivity contribution is 0.666. The Labute approximate surface area is 88.0 Å². The largest absolute Gasteiger partial charge is 0.347 e. The molecule has 5 heteroatoms. The van der Waals surface area contributed by atoms with Crippen molar-refractivity contribution in [2.75, 3.05) is 0 Å². The Morgan fingerprint density at radius 1 is 1.20 bits per heavy atom. The highest BCUT2D eigenvalue weighted by Crippen LogP contribution is 1.95. The first kappa shape index (κ1) is 9.79. The number of hydrogen-bond acceptors (Lipinski definition) is 4. The quantitative estimate of drug-likeness (QED) is 0.771. The van der Waals surface area contributed by atoms with Gasteiger partial charge in [-0.05, 0) is 6.92 Å². The summed E-state index contributed by atoms with van der Waals surface area (Å²) in [6.45, 7) is 3.40. The minimum Gasteiger partial charge on any atom is -0.347 e. The summed E-state index contributed by atoms with van der Waals surface area (Å²) >= 11 is 0. The summed E-state index contributed by atoms with van der Waals surface area (Å²) in [6.07, 6.45) is 7.03. The van der Waals surface area contributed by atoms with Crippen LogP contribution in [0.2, 0.25) is 0 Å². The van der Waals surface area contributed by atoms with Crippen LogP contribution < -0.4 is 5.32 Å². The van der Waals surface area contributed by atoms with Crippen LogP contribution >= 0.6 is 0 Å². The summed E-state index contributed by atoms with van der Waals surface area (Å²) in [5.41, 5.74) is 2.95. The summed E-state index contributed by atoms with van der Waals surface area (Å²) < 4.78 is 0. The maximum absolute atomic E-state index is 4.25. The molecule has 15 heavy (non-hydrogen) atoms. The summed E-state index contributed by atoms with van der Waals surface area (Å²) in [6, 6.07) is 0. The number of rotatable bonds is 4. The average molecular weight is 203 g/mol. The van der Waals surface area contributed by atoms with E-state index in [-0.39, 0.29) is 0 Å². The second-order valence-corrected chi connectivity index (χ2v) is 3.33. The third-order valence-corrected chi connectivity index (χ3v) is 2.01. The molecule has 0 aromatic carbocycles. The van der Waals surface area contributed by atoms with E-state index in [9.17, 15) is 0 Å². The fourth-order valence-corrected chi connectivity index (χ4v) is 1.22. The van der Waals surface area contributed by atoms with Crippen molar-refractivity contribution in [3.05, 3.63) is 42.0 Å². The molecule has 0 aliphatic rings. The van der Waals surface area contributed by atoms with Crippen molar-refractivity contribution in [1.29, 1.82) is 0 Å². The van der Waals surface area contributed by atoms with Gasteiger partial charge in [-0.2, -0.15) is 0 Å². The molecule has 2 aromatic rings. The predicted octanol–water partition coefficient (Wildman–Crippen LogP) is 0.798. The Balaban J connectivity index is 1.81. The molecule has 0 aliphatic heterocycles. The van der Waals surface area contributed by atoms with Gasteiger partial charge in [-0.25, -0.2) is 4.98 Å². The molecular weight excluding hydrogens is 190 g/mol.